The van der Waals surface area contributed by atoms with E-state index in [4.69, 9.17) is 11.6 Å². The van der Waals surface area contributed by atoms with Crippen LogP contribution in [0.2, 0.25) is 5.02 Å². The van der Waals surface area contributed by atoms with Crippen LogP contribution in [-0.2, 0) is 0 Å². The molecular formula is C12H7ClN2. The van der Waals surface area contributed by atoms with Crippen LogP contribution in [0, 0.1) is 0 Å². The van der Waals surface area contributed by atoms with E-state index in [1.165, 1.54) is 0 Å². The van der Waals surface area contributed by atoms with E-state index in [2.05, 4.69) is 9.98 Å². The molecule has 0 amide bonds. The molecule has 3 rings (SSSR count). The molecule has 0 bridgehead atoms. The van der Waals surface area contributed by atoms with Crippen LogP contribution in [0.15, 0.2) is 57.8 Å². The summed E-state index contributed by atoms with van der Waals surface area (Å²) in [5, 5.41) is 0.738. The molecule has 0 spiro atoms. The zero-order valence-corrected chi connectivity index (χ0v) is 8.57. The summed E-state index contributed by atoms with van der Waals surface area (Å²) in [6.45, 7) is 0. The number of benzene rings is 1. The molecule has 1 aromatic rings. The topological polar surface area (TPSA) is 24.7 Å². The lowest BCUT2D eigenvalue weighted by Crippen LogP contribution is -1.92. The maximum atomic E-state index is 5.82. The van der Waals surface area contributed by atoms with Crippen LogP contribution < -0.4 is 0 Å². The minimum Gasteiger partial charge on any atom is -0.254 e. The van der Waals surface area contributed by atoms with E-state index < -0.39 is 0 Å². The van der Waals surface area contributed by atoms with Crippen LogP contribution in [0.25, 0.3) is 0 Å². The van der Waals surface area contributed by atoms with Crippen molar-refractivity contribution in [3.63, 3.8) is 0 Å². The second-order valence-corrected chi connectivity index (χ2v) is 3.80. The van der Waals surface area contributed by atoms with Gasteiger partial charge in [-0.15, -0.1) is 0 Å². The van der Waals surface area contributed by atoms with Gasteiger partial charge in [-0.2, -0.15) is 0 Å². The molecule has 0 atom stereocenters. The van der Waals surface area contributed by atoms with Gasteiger partial charge in [-0.1, -0.05) is 23.7 Å². The smallest absolute Gasteiger partial charge is 0.0909 e. The number of halogens is 1. The number of allylic oxidation sites excluding steroid dienone is 2. The SMILES string of the molecule is Clc1ccc(C2=NC3=CC=NC3=C2)cc1. The van der Waals surface area contributed by atoms with Gasteiger partial charge in [-0.25, -0.2) is 4.99 Å². The van der Waals surface area contributed by atoms with E-state index in [1.807, 2.05) is 36.4 Å². The monoisotopic (exact) mass is 214 g/mol. The Balaban J connectivity index is 2.01. The van der Waals surface area contributed by atoms with Gasteiger partial charge in [0.05, 0.1) is 17.1 Å². The van der Waals surface area contributed by atoms with Gasteiger partial charge < -0.3 is 0 Å². The third-order valence-corrected chi connectivity index (χ3v) is 2.61. The molecule has 0 aromatic heterocycles. The van der Waals surface area contributed by atoms with Gasteiger partial charge in [0.1, 0.15) is 0 Å². The molecule has 0 radical (unpaired) electrons. The fourth-order valence-electron chi connectivity index (χ4n) is 1.61. The van der Waals surface area contributed by atoms with Crippen molar-refractivity contribution < 1.29 is 0 Å². The molecule has 0 saturated heterocycles. The van der Waals surface area contributed by atoms with Crippen LogP contribution in [0.5, 0.6) is 0 Å². The molecule has 0 aliphatic carbocycles. The minimum absolute atomic E-state index is 0.738. The molecule has 3 heteroatoms. The Labute approximate surface area is 92.3 Å². The molecule has 0 N–H and O–H groups in total. The number of aliphatic imine (C=N–C) groups is 2. The molecule has 2 aliphatic rings. The molecule has 0 unspecified atom stereocenters. The molecule has 72 valence electrons. The van der Waals surface area contributed by atoms with Crippen LogP contribution >= 0.6 is 11.6 Å². The van der Waals surface area contributed by atoms with E-state index in [-0.39, 0.29) is 0 Å². The lowest BCUT2D eigenvalue weighted by atomic mass is 10.1. The Bertz CT molecular complexity index is 533. The van der Waals surface area contributed by atoms with Crippen molar-refractivity contribution in [3.05, 3.63) is 58.4 Å². The van der Waals surface area contributed by atoms with Gasteiger partial charge in [0.15, 0.2) is 0 Å². The Morgan fingerprint density at radius 1 is 1.00 bits per heavy atom. The molecule has 1 aromatic carbocycles. The van der Waals surface area contributed by atoms with Crippen molar-refractivity contribution in [3.8, 4) is 0 Å². The molecule has 2 nitrogen and oxygen atoms in total. The summed E-state index contributed by atoms with van der Waals surface area (Å²) < 4.78 is 0. The van der Waals surface area contributed by atoms with Gasteiger partial charge in [-0.05, 0) is 24.3 Å². The average Bonchev–Trinajstić information content (AvgIpc) is 2.78. The quantitative estimate of drug-likeness (QED) is 0.687. The Hall–Kier alpha value is -1.67. The van der Waals surface area contributed by atoms with E-state index in [0.717, 1.165) is 27.7 Å². The number of fused-ring (bicyclic) bond motifs is 1. The first-order valence-corrected chi connectivity index (χ1v) is 5.02. The van der Waals surface area contributed by atoms with E-state index in [0.29, 0.717) is 0 Å². The highest BCUT2D eigenvalue weighted by Gasteiger charge is 2.16. The lowest BCUT2D eigenvalue weighted by Gasteiger charge is -1.97. The van der Waals surface area contributed by atoms with Crippen molar-refractivity contribution in [2.75, 3.05) is 0 Å². The summed E-state index contributed by atoms with van der Waals surface area (Å²) >= 11 is 5.82. The zero-order chi connectivity index (χ0) is 10.3. The highest BCUT2D eigenvalue weighted by molar-refractivity contribution is 6.30. The zero-order valence-electron chi connectivity index (χ0n) is 7.81. The minimum atomic E-state index is 0.738. The normalized spacial score (nSPS) is 17.3. The first-order chi connectivity index (χ1) is 7.33. The first-order valence-electron chi connectivity index (χ1n) is 4.64. The summed E-state index contributed by atoms with van der Waals surface area (Å²) in [4.78, 5) is 8.66. The molecule has 15 heavy (non-hydrogen) atoms. The maximum absolute atomic E-state index is 5.82. The molecular weight excluding hydrogens is 208 g/mol. The highest BCUT2D eigenvalue weighted by atomic mass is 35.5. The summed E-state index contributed by atoms with van der Waals surface area (Å²) in [6.07, 6.45) is 5.66. The average molecular weight is 215 g/mol. The fourth-order valence-corrected chi connectivity index (χ4v) is 1.73. The Kier molecular flexibility index (Phi) is 1.82. The lowest BCUT2D eigenvalue weighted by molar-refractivity contribution is 1.33. The number of nitrogens with zero attached hydrogens (tertiary/aromatic N) is 2. The van der Waals surface area contributed by atoms with Crippen molar-refractivity contribution in [2.24, 2.45) is 9.98 Å². The number of rotatable bonds is 1. The third kappa shape index (κ3) is 1.43. The highest BCUT2D eigenvalue weighted by Crippen LogP contribution is 2.25. The largest absolute Gasteiger partial charge is 0.254 e. The second kappa shape index (κ2) is 3.17. The van der Waals surface area contributed by atoms with Crippen molar-refractivity contribution in [1.29, 1.82) is 0 Å². The van der Waals surface area contributed by atoms with Crippen LogP contribution in [0.1, 0.15) is 5.56 Å². The maximum Gasteiger partial charge on any atom is 0.0909 e. The summed E-state index contributed by atoms with van der Waals surface area (Å²) in [5.74, 6) is 0. The van der Waals surface area contributed by atoms with Crippen LogP contribution in [0.3, 0.4) is 0 Å². The summed E-state index contributed by atoms with van der Waals surface area (Å²) in [5.41, 5.74) is 3.90. The van der Waals surface area contributed by atoms with Crippen molar-refractivity contribution >= 4 is 23.5 Å². The van der Waals surface area contributed by atoms with E-state index in [1.54, 1.807) is 6.21 Å². The number of hydrogen-bond donors (Lipinski definition) is 0. The van der Waals surface area contributed by atoms with E-state index >= 15 is 0 Å². The third-order valence-electron chi connectivity index (χ3n) is 2.36. The van der Waals surface area contributed by atoms with Gasteiger partial charge >= 0.3 is 0 Å². The summed E-state index contributed by atoms with van der Waals surface area (Å²) in [7, 11) is 0. The standard InChI is InChI=1S/C12H7ClN2/c13-9-3-1-8(2-4-9)11-7-12-10(15-11)5-6-14-12/h1-7H. The Morgan fingerprint density at radius 2 is 1.80 bits per heavy atom. The number of hydrogen-bond acceptors (Lipinski definition) is 2. The predicted octanol–water partition coefficient (Wildman–Crippen LogP) is 2.99. The molecule has 2 heterocycles. The van der Waals surface area contributed by atoms with Gasteiger partial charge in [-0.3, -0.25) is 4.99 Å². The second-order valence-electron chi connectivity index (χ2n) is 3.36. The molecule has 2 aliphatic heterocycles. The first kappa shape index (κ1) is 8.62. The summed E-state index contributed by atoms with van der Waals surface area (Å²) in [6, 6.07) is 7.65. The molecule has 0 saturated carbocycles. The van der Waals surface area contributed by atoms with Gasteiger partial charge in [0.25, 0.3) is 0 Å². The van der Waals surface area contributed by atoms with Crippen LogP contribution in [0.4, 0.5) is 0 Å². The fraction of sp³-hybridized carbons (Fsp3) is 0. The van der Waals surface area contributed by atoms with Crippen LogP contribution in [-0.4, -0.2) is 11.9 Å². The predicted molar refractivity (Wildman–Crippen MR) is 62.6 cm³/mol. The van der Waals surface area contributed by atoms with Crippen molar-refractivity contribution in [1.82, 2.24) is 0 Å². The van der Waals surface area contributed by atoms with Gasteiger partial charge in [0, 0.05) is 16.8 Å². The van der Waals surface area contributed by atoms with Crippen molar-refractivity contribution in [2.45, 2.75) is 0 Å². The van der Waals surface area contributed by atoms with E-state index in [9.17, 15) is 0 Å². The van der Waals surface area contributed by atoms with Gasteiger partial charge in [0.2, 0.25) is 0 Å². The molecule has 0 fully saturated rings. The Morgan fingerprint density at radius 3 is 2.53 bits per heavy atom.